The Kier molecular flexibility index (Phi) is 18.3. The highest BCUT2D eigenvalue weighted by molar-refractivity contribution is 6.91. The van der Waals surface area contributed by atoms with Crippen LogP contribution in [-0.2, 0) is 5.41 Å². The lowest BCUT2D eigenvalue weighted by molar-refractivity contribution is 0.660. The van der Waals surface area contributed by atoms with Gasteiger partial charge in [-0.3, -0.25) is 0 Å². The number of benzene rings is 17. The van der Waals surface area contributed by atoms with Gasteiger partial charge in [-0.15, -0.1) is 0 Å². The first-order valence-electron chi connectivity index (χ1n) is 41.3. The Morgan fingerprint density at radius 2 is 0.573 bits per heavy atom. The molecule has 0 saturated heterocycles. The maximum Gasteiger partial charge on any atom is 0.159 e. The highest BCUT2D eigenvalue weighted by Crippen LogP contribution is 2.57. The molecule has 0 amide bonds. The molecule has 0 atom stereocenters. The van der Waals surface area contributed by atoms with Gasteiger partial charge in [0.25, 0.3) is 0 Å². The summed E-state index contributed by atoms with van der Waals surface area (Å²) in [5, 5.41) is 20.3. The molecule has 19 aromatic rings. The lowest BCUT2D eigenvalue weighted by atomic mass is 9.81. The zero-order valence-electron chi connectivity index (χ0n) is 69.4. The lowest BCUT2D eigenvalue weighted by Gasteiger charge is -2.30. The van der Waals surface area contributed by atoms with E-state index >= 15 is 0 Å². The molecule has 6 nitrogen and oxygen atoms in total. The van der Waals surface area contributed by atoms with Crippen LogP contribution < -0.4 is 40.3 Å². The molecule has 2 aromatic heterocycles. The number of fused-ring (bicyclic) bond motifs is 11. The topological polar surface area (TPSA) is 39.2 Å². The monoisotopic (exact) mass is 1580 g/mol. The molecule has 1 aliphatic carbocycles. The first-order chi connectivity index (χ1) is 56.4. The number of hydrogen-bond acceptors (Lipinski definition) is 6. The van der Waals surface area contributed by atoms with Crippen LogP contribution in [0, 0.1) is 0 Å². The second-order valence-corrected chi connectivity index (χ2v) is 56.7. The van der Waals surface area contributed by atoms with E-state index in [-0.39, 0.29) is 5.41 Å². The maximum absolute atomic E-state index is 7.12. The lowest BCUT2D eigenvalue weighted by Crippen LogP contribution is -2.37. The van der Waals surface area contributed by atoms with E-state index in [1.54, 1.807) is 0 Å². The molecule has 0 radical (unpaired) electrons. The van der Waals surface area contributed by atoms with E-state index in [0.29, 0.717) is 0 Å². The Balaban J connectivity index is 0.000000163. The summed E-state index contributed by atoms with van der Waals surface area (Å²) in [4.78, 5) is 9.68. The zero-order valence-corrected chi connectivity index (χ0v) is 73.4. The van der Waals surface area contributed by atoms with Gasteiger partial charge in [0, 0.05) is 82.9 Å². The van der Waals surface area contributed by atoms with Crippen LogP contribution in [0.25, 0.3) is 98.1 Å². The molecule has 1 aliphatic rings. The molecule has 0 unspecified atom stereocenters. The summed E-state index contributed by atoms with van der Waals surface area (Å²) in [5.41, 5.74) is 22.1. The first kappa shape index (κ1) is 74.8. The van der Waals surface area contributed by atoms with Gasteiger partial charge < -0.3 is 28.4 Å². The average Bonchev–Trinajstić information content (AvgIpc) is 1.64. The summed E-state index contributed by atoms with van der Waals surface area (Å²) in [6, 6.07) is 125. The minimum atomic E-state index is -1.72. The van der Waals surface area contributed by atoms with Gasteiger partial charge in [0.1, 0.15) is 11.2 Å². The summed E-state index contributed by atoms with van der Waals surface area (Å²) in [5.74, 6) is 0. The van der Waals surface area contributed by atoms with Gasteiger partial charge in [0.2, 0.25) is 0 Å². The fourth-order valence-corrected chi connectivity index (χ4v) is 23.7. The summed E-state index contributed by atoms with van der Waals surface area (Å²) >= 11 is 0. The second kappa shape index (κ2) is 28.6. The number of furan rings is 2. The van der Waals surface area contributed by atoms with Crippen molar-refractivity contribution in [1.29, 1.82) is 0 Å². The van der Waals surface area contributed by atoms with Crippen LogP contribution in [0.1, 0.15) is 25.0 Å². The third-order valence-electron chi connectivity index (χ3n) is 24.4. The van der Waals surface area contributed by atoms with Gasteiger partial charge in [-0.25, -0.2) is 0 Å². The largest absolute Gasteiger partial charge is 0.454 e. The Labute approximate surface area is 691 Å². The van der Waals surface area contributed by atoms with Crippen molar-refractivity contribution in [1.82, 2.24) is 0 Å². The van der Waals surface area contributed by atoms with Crippen molar-refractivity contribution in [3.8, 4) is 11.1 Å². The van der Waals surface area contributed by atoms with Gasteiger partial charge in [-0.05, 0) is 175 Å². The standard InChI is InChI=1S/C61H54N2O2Si2.C46H44N2Si2/c1-61(2)49-37-41(62(39-21-11-9-12-22-39)51-31-17-27-44-46-29-19-33-54(66(3,4)5)59(46)64-57(44)51)35-36-48(49)56-43-26-16-15-25-42(43)53(38-50(56)61)63(40-23-13-10-14-24-40)52-32-18-28-45-47-30-20-34-55(67(6,7)8)60(47)65-58(45)52;1-49(2,3)39-25-21-37(22-26-39)47(35-13-9-7-10-14-35)43-31-19-33-18-30-42-44(32-20-34-17-29-41(43)45(33)46(34)42)48(36-15-11-8-12-16-36)38-23-27-40(28-24-38)50(4,5)6/h9-38H,1-8H3;7-32H,1-6H3. The quantitative estimate of drug-likeness (QED) is 0.0709. The first-order valence-corrected chi connectivity index (χ1v) is 55.3. The molecule has 20 rings (SSSR count). The van der Waals surface area contributed by atoms with Crippen molar-refractivity contribution < 1.29 is 8.83 Å². The van der Waals surface area contributed by atoms with Crippen LogP contribution in [0.4, 0.5) is 68.2 Å². The van der Waals surface area contributed by atoms with Crippen LogP contribution in [-0.4, -0.2) is 32.3 Å². The third kappa shape index (κ3) is 13.0. The molecule has 0 spiro atoms. The van der Waals surface area contributed by atoms with Gasteiger partial charge in [-0.1, -0.05) is 327 Å². The number of rotatable bonds is 16. The van der Waals surface area contributed by atoms with E-state index < -0.39 is 32.3 Å². The van der Waals surface area contributed by atoms with E-state index in [1.807, 2.05) is 0 Å². The van der Waals surface area contributed by atoms with Crippen molar-refractivity contribution in [3.05, 3.63) is 351 Å². The summed E-state index contributed by atoms with van der Waals surface area (Å²) in [6.45, 7) is 33.6. The number of nitrogens with zero attached hydrogens (tertiary/aromatic N) is 4. The zero-order chi connectivity index (χ0) is 80.6. The van der Waals surface area contributed by atoms with Crippen LogP contribution in [0.3, 0.4) is 0 Å². The highest BCUT2D eigenvalue weighted by Gasteiger charge is 2.40. The number of anilines is 12. The Morgan fingerprint density at radius 3 is 0.991 bits per heavy atom. The molecular formula is C107H98N4O2Si4. The van der Waals surface area contributed by atoms with Crippen molar-refractivity contribution >= 4 is 208 Å². The van der Waals surface area contributed by atoms with E-state index in [2.05, 4.69) is 452 Å². The summed E-state index contributed by atoms with van der Waals surface area (Å²) in [6.07, 6.45) is 0. The number of para-hydroxylation sites is 8. The van der Waals surface area contributed by atoms with Crippen molar-refractivity contribution in [2.24, 2.45) is 0 Å². The fourth-order valence-electron chi connectivity index (χ4n) is 18.4. The molecule has 0 saturated carbocycles. The van der Waals surface area contributed by atoms with Crippen molar-refractivity contribution in [2.45, 2.75) is 97.8 Å². The summed E-state index contributed by atoms with van der Waals surface area (Å²) < 4.78 is 14.2. The smallest absolute Gasteiger partial charge is 0.159 e. The molecule has 0 bridgehead atoms. The van der Waals surface area contributed by atoms with Crippen LogP contribution in [0.5, 0.6) is 0 Å². The van der Waals surface area contributed by atoms with E-state index in [1.165, 1.54) is 120 Å². The van der Waals surface area contributed by atoms with Gasteiger partial charge in [0.05, 0.1) is 60.7 Å². The molecule has 10 heteroatoms. The van der Waals surface area contributed by atoms with E-state index in [4.69, 9.17) is 8.83 Å². The van der Waals surface area contributed by atoms with Crippen LogP contribution >= 0.6 is 0 Å². The Morgan fingerprint density at radius 1 is 0.231 bits per heavy atom. The molecular weight excluding hydrogens is 1490 g/mol. The van der Waals surface area contributed by atoms with Crippen molar-refractivity contribution in [3.63, 3.8) is 0 Å². The van der Waals surface area contributed by atoms with E-state index in [9.17, 15) is 0 Å². The third-order valence-corrected chi connectivity index (χ3v) is 32.5. The summed E-state index contributed by atoms with van der Waals surface area (Å²) in [7, 11) is -6.29. The normalized spacial score (nSPS) is 12.9. The molecule has 0 fully saturated rings. The fraction of sp³-hybridized carbons (Fsp3) is 0.140. The maximum atomic E-state index is 7.12. The molecule has 117 heavy (non-hydrogen) atoms. The predicted molar refractivity (Wildman–Crippen MR) is 517 cm³/mol. The highest BCUT2D eigenvalue weighted by atomic mass is 28.3. The van der Waals surface area contributed by atoms with Gasteiger partial charge in [0.15, 0.2) is 11.2 Å². The van der Waals surface area contributed by atoms with Crippen LogP contribution in [0.2, 0.25) is 78.6 Å². The van der Waals surface area contributed by atoms with Gasteiger partial charge >= 0.3 is 0 Å². The second-order valence-electron chi connectivity index (χ2n) is 36.5. The minimum absolute atomic E-state index is 0.348. The van der Waals surface area contributed by atoms with Gasteiger partial charge in [-0.2, -0.15) is 0 Å². The average molecular weight is 1580 g/mol. The molecule has 2 heterocycles. The SMILES string of the molecule is CC1(C)c2cc(N(c3ccccc3)c3cccc4c3oc3c([Si](C)(C)C)cccc34)ccc2-c2c1cc(N(c1ccccc1)c1cccc3c1oc1c([Si](C)(C)C)cccc13)c1ccccc21.C[Si](C)(C)c1ccc(N(c2ccccc2)c2ccc3ccc4c(N(c5ccccc5)c5ccc([Si](C)(C)C)cc5)ccc5ccc2c3c54)cc1. The molecule has 574 valence electrons. The van der Waals surface area contributed by atoms with Crippen molar-refractivity contribution in [2.75, 3.05) is 19.6 Å². The van der Waals surface area contributed by atoms with Crippen LogP contribution in [0.15, 0.2) is 349 Å². The molecule has 0 aliphatic heterocycles. The minimum Gasteiger partial charge on any atom is -0.454 e. The predicted octanol–water partition coefficient (Wildman–Crippen LogP) is 29.6. The Bertz CT molecular complexity index is 6840. The van der Waals surface area contributed by atoms with E-state index in [0.717, 1.165) is 78.6 Å². The molecule has 17 aromatic carbocycles. The molecule has 0 N–H and O–H groups in total. The number of hydrogen-bond donors (Lipinski definition) is 0. The Hall–Kier alpha value is -12.3.